The molecule has 0 saturated heterocycles. The van der Waals surface area contributed by atoms with Crippen LogP contribution in [0, 0.1) is 53.0 Å². The van der Waals surface area contributed by atoms with Crippen LogP contribution in [0.3, 0.4) is 0 Å². The van der Waals surface area contributed by atoms with Crippen molar-refractivity contribution in [2.24, 2.45) is 23.7 Å². The molecule has 0 amide bonds. The molecule has 2 fully saturated rings. The third kappa shape index (κ3) is 6.55. The van der Waals surface area contributed by atoms with E-state index in [1.165, 1.54) is 25.2 Å². The van der Waals surface area contributed by atoms with Crippen LogP contribution in [0.2, 0.25) is 0 Å². The Bertz CT molecular complexity index is 1210. The third-order valence-electron chi connectivity index (χ3n) is 8.05. The standard InChI is InChI=1S/C29H30F8O/c1-2-3-4-5-17-6-7-19-13-21(9-8-18(19)12-17)29(36,37)38-22-14-20-15-24(30)23(10-11-28(33,34)35)27(32)26(20)25(31)16-22/h14-19,21H,2-9,12-13H2,1H3. The molecule has 0 aliphatic heterocycles. The van der Waals surface area contributed by atoms with Gasteiger partial charge in [-0.2, -0.15) is 22.0 Å². The number of fused-ring (bicyclic) bond motifs is 2. The van der Waals surface area contributed by atoms with E-state index in [4.69, 9.17) is 4.74 Å². The summed E-state index contributed by atoms with van der Waals surface area (Å²) in [6, 6.07) is 1.94. The van der Waals surface area contributed by atoms with E-state index in [1.807, 2.05) is 0 Å². The molecule has 0 radical (unpaired) electrons. The molecule has 2 aromatic rings. The highest BCUT2D eigenvalue weighted by atomic mass is 19.4. The van der Waals surface area contributed by atoms with E-state index in [-0.39, 0.29) is 12.3 Å². The second-order valence-electron chi connectivity index (χ2n) is 10.7. The van der Waals surface area contributed by atoms with E-state index in [2.05, 4.69) is 6.92 Å². The van der Waals surface area contributed by atoms with E-state index in [0.29, 0.717) is 36.8 Å². The van der Waals surface area contributed by atoms with Crippen LogP contribution in [0.5, 0.6) is 5.75 Å². The molecule has 0 bridgehead atoms. The van der Waals surface area contributed by atoms with Gasteiger partial charge in [-0.1, -0.05) is 44.9 Å². The van der Waals surface area contributed by atoms with E-state index in [1.54, 1.807) is 0 Å². The molecule has 1 nitrogen and oxygen atoms in total. The van der Waals surface area contributed by atoms with Crippen LogP contribution in [0.4, 0.5) is 35.1 Å². The Morgan fingerprint density at radius 1 is 0.868 bits per heavy atom. The van der Waals surface area contributed by atoms with Crippen molar-refractivity contribution < 1.29 is 39.9 Å². The van der Waals surface area contributed by atoms with Crippen LogP contribution in [0.15, 0.2) is 18.2 Å². The molecule has 2 saturated carbocycles. The van der Waals surface area contributed by atoms with Crippen LogP contribution in [-0.2, 0) is 0 Å². The molecule has 4 rings (SSSR count). The fraction of sp³-hybridized carbons (Fsp3) is 0.586. The molecule has 4 atom stereocenters. The van der Waals surface area contributed by atoms with Gasteiger partial charge in [0, 0.05) is 12.0 Å². The van der Waals surface area contributed by atoms with Crippen molar-refractivity contribution in [3.63, 3.8) is 0 Å². The summed E-state index contributed by atoms with van der Waals surface area (Å²) in [5, 5.41) is -1.32. The average Bonchev–Trinajstić information content (AvgIpc) is 2.82. The number of ether oxygens (including phenoxy) is 1. The van der Waals surface area contributed by atoms with E-state index in [9.17, 15) is 26.3 Å². The van der Waals surface area contributed by atoms with Crippen molar-refractivity contribution in [1.82, 2.24) is 0 Å². The molecule has 0 aromatic heterocycles. The lowest BCUT2D eigenvalue weighted by Gasteiger charge is -2.43. The van der Waals surface area contributed by atoms with Gasteiger partial charge in [0.05, 0.1) is 16.9 Å². The van der Waals surface area contributed by atoms with E-state index >= 15 is 8.78 Å². The number of alkyl halides is 5. The van der Waals surface area contributed by atoms with Crippen molar-refractivity contribution >= 4 is 10.8 Å². The zero-order valence-corrected chi connectivity index (χ0v) is 21.0. The van der Waals surface area contributed by atoms with Crippen molar-refractivity contribution in [2.75, 3.05) is 0 Å². The first kappa shape index (κ1) is 28.5. The monoisotopic (exact) mass is 546 g/mol. The summed E-state index contributed by atoms with van der Waals surface area (Å²) in [4.78, 5) is 0. The number of halogens is 8. The molecule has 38 heavy (non-hydrogen) atoms. The van der Waals surface area contributed by atoms with Crippen molar-refractivity contribution in [3.8, 4) is 17.6 Å². The molecule has 0 N–H and O–H groups in total. The first-order valence-electron chi connectivity index (χ1n) is 13.2. The summed E-state index contributed by atoms with van der Waals surface area (Å²) in [5.41, 5.74) is -1.26. The normalized spacial score (nSPS) is 24.0. The number of hydrogen-bond donors (Lipinski definition) is 0. The van der Waals surface area contributed by atoms with Gasteiger partial charge < -0.3 is 4.74 Å². The minimum atomic E-state index is -5.01. The fourth-order valence-corrected chi connectivity index (χ4v) is 6.17. The zero-order valence-electron chi connectivity index (χ0n) is 21.0. The molecule has 2 aliphatic carbocycles. The Kier molecular flexibility index (Phi) is 8.49. The van der Waals surface area contributed by atoms with Gasteiger partial charge in [-0.05, 0) is 67.4 Å². The lowest BCUT2D eigenvalue weighted by molar-refractivity contribution is -0.228. The highest BCUT2D eigenvalue weighted by Crippen LogP contribution is 2.49. The summed E-state index contributed by atoms with van der Waals surface area (Å²) in [7, 11) is 0. The van der Waals surface area contributed by atoms with Gasteiger partial charge >= 0.3 is 12.3 Å². The van der Waals surface area contributed by atoms with Crippen LogP contribution >= 0.6 is 0 Å². The van der Waals surface area contributed by atoms with Crippen molar-refractivity contribution in [1.29, 1.82) is 0 Å². The maximum absolute atomic E-state index is 15.2. The Balaban J connectivity index is 1.48. The molecule has 2 aromatic carbocycles. The SMILES string of the molecule is CCCCCC1CCC2CC(C(F)(F)Oc3cc(F)c4c(F)c(C#CC(F)(F)F)c(F)cc4c3)CCC2C1. The van der Waals surface area contributed by atoms with E-state index in [0.717, 1.165) is 37.7 Å². The largest absolute Gasteiger partial charge is 0.458 e. The van der Waals surface area contributed by atoms with Gasteiger partial charge in [0.1, 0.15) is 17.4 Å². The van der Waals surface area contributed by atoms with Gasteiger partial charge in [-0.25, -0.2) is 13.2 Å². The first-order valence-corrected chi connectivity index (χ1v) is 13.2. The summed E-state index contributed by atoms with van der Waals surface area (Å²) in [6.07, 6.45) is 0.339. The quantitative estimate of drug-likeness (QED) is 0.191. The molecule has 0 spiro atoms. The van der Waals surface area contributed by atoms with Gasteiger partial charge in [-0.3, -0.25) is 0 Å². The lowest BCUT2D eigenvalue weighted by Crippen LogP contribution is -2.41. The second kappa shape index (κ2) is 11.3. The molecular formula is C29H30F8O. The number of benzene rings is 2. The predicted molar refractivity (Wildman–Crippen MR) is 128 cm³/mol. The Morgan fingerprint density at radius 3 is 2.29 bits per heavy atom. The van der Waals surface area contributed by atoms with Crippen LogP contribution < -0.4 is 4.74 Å². The third-order valence-corrected chi connectivity index (χ3v) is 8.05. The van der Waals surface area contributed by atoms with Gasteiger partial charge in [0.2, 0.25) is 0 Å². The molecule has 4 unspecified atom stereocenters. The smallest absolute Gasteiger partial charge is 0.432 e. The van der Waals surface area contributed by atoms with E-state index < -0.39 is 57.7 Å². The minimum Gasteiger partial charge on any atom is -0.432 e. The summed E-state index contributed by atoms with van der Waals surface area (Å²) < 4.78 is 116. The van der Waals surface area contributed by atoms with Crippen molar-refractivity contribution in [2.45, 2.75) is 83.4 Å². The number of rotatable bonds is 7. The van der Waals surface area contributed by atoms with Crippen LogP contribution in [-0.4, -0.2) is 12.3 Å². The first-order chi connectivity index (χ1) is 17.9. The average molecular weight is 547 g/mol. The van der Waals surface area contributed by atoms with Crippen molar-refractivity contribution in [3.05, 3.63) is 41.2 Å². The summed E-state index contributed by atoms with van der Waals surface area (Å²) in [6.45, 7) is 2.16. The lowest BCUT2D eigenvalue weighted by atomic mass is 9.64. The summed E-state index contributed by atoms with van der Waals surface area (Å²) >= 11 is 0. The maximum atomic E-state index is 15.2. The topological polar surface area (TPSA) is 9.23 Å². The molecule has 9 heteroatoms. The van der Waals surface area contributed by atoms with Crippen LogP contribution in [0.1, 0.15) is 76.7 Å². The van der Waals surface area contributed by atoms with Gasteiger partial charge in [-0.15, -0.1) is 0 Å². The highest BCUT2D eigenvalue weighted by Gasteiger charge is 2.48. The number of unbranched alkanes of at least 4 members (excludes halogenated alkanes) is 2. The summed E-state index contributed by atoms with van der Waals surface area (Å²) in [5.74, 6) is -2.86. The predicted octanol–water partition coefficient (Wildman–Crippen LogP) is 9.56. The fourth-order valence-electron chi connectivity index (χ4n) is 6.17. The number of hydrogen-bond acceptors (Lipinski definition) is 1. The molecule has 208 valence electrons. The maximum Gasteiger partial charge on any atom is 0.458 e. The minimum absolute atomic E-state index is 0.179. The molecule has 0 heterocycles. The zero-order chi connectivity index (χ0) is 27.7. The molecule has 2 aliphatic rings. The molecular weight excluding hydrogens is 516 g/mol. The highest BCUT2D eigenvalue weighted by molar-refractivity contribution is 5.87. The Hall–Kier alpha value is -2.50. The van der Waals surface area contributed by atoms with Gasteiger partial charge in [0.25, 0.3) is 0 Å². The Morgan fingerprint density at radius 2 is 1.58 bits per heavy atom. The van der Waals surface area contributed by atoms with Gasteiger partial charge in [0.15, 0.2) is 5.82 Å². The van der Waals surface area contributed by atoms with Crippen LogP contribution in [0.25, 0.3) is 10.8 Å². The second-order valence-corrected chi connectivity index (χ2v) is 10.7. The Labute approximate surface area is 216 Å².